The lowest BCUT2D eigenvalue weighted by Gasteiger charge is -2.17. The Morgan fingerprint density at radius 2 is 2.10 bits per heavy atom. The van der Waals surface area contributed by atoms with Gasteiger partial charge in [-0.05, 0) is 43.8 Å². The summed E-state index contributed by atoms with van der Waals surface area (Å²) in [4.78, 5) is 4.37. The standard InChI is InChI=1S/C17H20N4/c1-12-9-15(21(3)20-12)11-17(18-2)14-6-7-16-13(10-14)5-4-8-19-16/h4-10,17-18H,11H2,1-3H3. The minimum atomic E-state index is 0.268. The molecule has 0 saturated carbocycles. The van der Waals surface area contributed by atoms with E-state index in [0.29, 0.717) is 0 Å². The SMILES string of the molecule is CNC(Cc1cc(C)nn1C)c1ccc2ncccc2c1. The third-order valence-corrected chi connectivity index (χ3v) is 3.89. The van der Waals surface area contributed by atoms with Gasteiger partial charge in [-0.2, -0.15) is 5.10 Å². The summed E-state index contributed by atoms with van der Waals surface area (Å²) < 4.78 is 1.96. The number of hydrogen-bond donors (Lipinski definition) is 1. The van der Waals surface area contributed by atoms with Crippen LogP contribution in [0.1, 0.15) is 23.0 Å². The van der Waals surface area contributed by atoms with Crippen LogP contribution in [0.25, 0.3) is 10.9 Å². The van der Waals surface area contributed by atoms with Crippen molar-refractivity contribution in [2.24, 2.45) is 7.05 Å². The number of fused-ring (bicyclic) bond motifs is 1. The quantitative estimate of drug-likeness (QED) is 0.799. The Morgan fingerprint density at radius 1 is 1.24 bits per heavy atom. The smallest absolute Gasteiger partial charge is 0.0702 e. The van der Waals surface area contributed by atoms with Crippen LogP contribution < -0.4 is 5.32 Å². The topological polar surface area (TPSA) is 42.7 Å². The first kappa shape index (κ1) is 13.8. The van der Waals surface area contributed by atoms with Crippen molar-refractivity contribution in [3.05, 3.63) is 59.5 Å². The molecule has 0 saturated heterocycles. The van der Waals surface area contributed by atoms with E-state index >= 15 is 0 Å². The number of rotatable bonds is 4. The second-order valence-corrected chi connectivity index (χ2v) is 5.40. The number of hydrogen-bond acceptors (Lipinski definition) is 3. The molecule has 1 atom stereocenters. The molecule has 2 heterocycles. The van der Waals surface area contributed by atoms with Crippen LogP contribution in [-0.4, -0.2) is 21.8 Å². The fourth-order valence-electron chi connectivity index (χ4n) is 2.76. The van der Waals surface area contributed by atoms with Crippen molar-refractivity contribution in [2.75, 3.05) is 7.05 Å². The first-order valence-electron chi connectivity index (χ1n) is 7.19. The molecule has 108 valence electrons. The summed E-state index contributed by atoms with van der Waals surface area (Å²) in [6.07, 6.45) is 2.75. The van der Waals surface area contributed by atoms with E-state index in [4.69, 9.17) is 0 Å². The van der Waals surface area contributed by atoms with Crippen LogP contribution in [-0.2, 0) is 13.5 Å². The largest absolute Gasteiger partial charge is 0.313 e. The lowest BCUT2D eigenvalue weighted by Crippen LogP contribution is -2.20. The van der Waals surface area contributed by atoms with Crippen molar-refractivity contribution in [1.29, 1.82) is 0 Å². The maximum absolute atomic E-state index is 4.42. The van der Waals surface area contributed by atoms with Gasteiger partial charge in [0.25, 0.3) is 0 Å². The van der Waals surface area contributed by atoms with Gasteiger partial charge in [-0.15, -0.1) is 0 Å². The summed E-state index contributed by atoms with van der Waals surface area (Å²) in [5.74, 6) is 0. The van der Waals surface area contributed by atoms with Crippen LogP contribution in [0.4, 0.5) is 0 Å². The number of aryl methyl sites for hydroxylation is 2. The highest BCUT2D eigenvalue weighted by Crippen LogP contribution is 2.22. The van der Waals surface area contributed by atoms with Crippen LogP contribution in [0.5, 0.6) is 0 Å². The van der Waals surface area contributed by atoms with E-state index in [1.165, 1.54) is 16.6 Å². The molecule has 21 heavy (non-hydrogen) atoms. The Labute approximate surface area is 124 Å². The lowest BCUT2D eigenvalue weighted by molar-refractivity contribution is 0.562. The van der Waals surface area contributed by atoms with E-state index in [1.807, 2.05) is 38.0 Å². The van der Waals surface area contributed by atoms with E-state index in [-0.39, 0.29) is 6.04 Å². The molecule has 1 unspecified atom stereocenters. The van der Waals surface area contributed by atoms with Gasteiger partial charge in [-0.3, -0.25) is 9.67 Å². The molecule has 0 bridgehead atoms. The molecule has 1 aromatic carbocycles. The monoisotopic (exact) mass is 280 g/mol. The lowest BCUT2D eigenvalue weighted by atomic mass is 10.00. The summed E-state index contributed by atoms with van der Waals surface area (Å²) in [6.45, 7) is 2.03. The maximum atomic E-state index is 4.42. The van der Waals surface area contributed by atoms with Crippen LogP contribution in [0.3, 0.4) is 0 Å². The molecule has 4 heteroatoms. The molecule has 0 radical (unpaired) electrons. The average Bonchev–Trinajstić information content (AvgIpc) is 2.82. The Hall–Kier alpha value is -2.20. The van der Waals surface area contributed by atoms with Gasteiger partial charge in [0.05, 0.1) is 11.2 Å². The predicted octanol–water partition coefficient (Wildman–Crippen LogP) is 2.78. The molecule has 3 rings (SSSR count). The number of nitrogens with zero attached hydrogens (tertiary/aromatic N) is 3. The summed E-state index contributed by atoms with van der Waals surface area (Å²) in [7, 11) is 4.00. The number of nitrogens with one attached hydrogen (secondary N) is 1. The summed E-state index contributed by atoms with van der Waals surface area (Å²) in [6, 6.07) is 12.9. The van der Waals surface area contributed by atoms with Crippen LogP contribution in [0.2, 0.25) is 0 Å². The van der Waals surface area contributed by atoms with E-state index in [2.05, 4.69) is 45.7 Å². The normalized spacial score (nSPS) is 12.7. The van der Waals surface area contributed by atoms with Crippen molar-refractivity contribution < 1.29 is 0 Å². The molecule has 0 fully saturated rings. The highest BCUT2D eigenvalue weighted by atomic mass is 15.3. The van der Waals surface area contributed by atoms with Gasteiger partial charge in [0.15, 0.2) is 0 Å². The minimum absolute atomic E-state index is 0.268. The van der Waals surface area contributed by atoms with Crippen molar-refractivity contribution in [1.82, 2.24) is 20.1 Å². The first-order valence-corrected chi connectivity index (χ1v) is 7.19. The van der Waals surface area contributed by atoms with Crippen molar-refractivity contribution in [3.8, 4) is 0 Å². The van der Waals surface area contributed by atoms with Gasteiger partial charge in [0, 0.05) is 36.8 Å². The molecular formula is C17H20N4. The zero-order chi connectivity index (χ0) is 14.8. The number of aromatic nitrogens is 3. The molecule has 2 aromatic heterocycles. The zero-order valence-electron chi connectivity index (χ0n) is 12.7. The van der Waals surface area contributed by atoms with Crippen molar-refractivity contribution in [2.45, 2.75) is 19.4 Å². The van der Waals surface area contributed by atoms with Crippen LogP contribution in [0, 0.1) is 6.92 Å². The fraction of sp³-hybridized carbons (Fsp3) is 0.294. The number of pyridine rings is 1. The minimum Gasteiger partial charge on any atom is -0.313 e. The maximum Gasteiger partial charge on any atom is 0.0702 e. The Balaban J connectivity index is 1.92. The van der Waals surface area contributed by atoms with Gasteiger partial charge in [0.1, 0.15) is 0 Å². The fourth-order valence-corrected chi connectivity index (χ4v) is 2.76. The molecular weight excluding hydrogens is 260 g/mol. The summed E-state index contributed by atoms with van der Waals surface area (Å²) >= 11 is 0. The highest BCUT2D eigenvalue weighted by Gasteiger charge is 2.13. The summed E-state index contributed by atoms with van der Waals surface area (Å²) in [5, 5.41) is 9.00. The van der Waals surface area contributed by atoms with Gasteiger partial charge in [-0.1, -0.05) is 12.1 Å². The molecule has 0 amide bonds. The highest BCUT2D eigenvalue weighted by molar-refractivity contribution is 5.79. The molecule has 0 spiro atoms. The average molecular weight is 280 g/mol. The molecule has 3 aromatic rings. The molecule has 0 aliphatic carbocycles. The van der Waals surface area contributed by atoms with E-state index in [0.717, 1.165) is 17.6 Å². The second kappa shape index (κ2) is 5.66. The predicted molar refractivity (Wildman–Crippen MR) is 85.2 cm³/mol. The van der Waals surface area contributed by atoms with Gasteiger partial charge in [-0.25, -0.2) is 0 Å². The third-order valence-electron chi connectivity index (χ3n) is 3.89. The van der Waals surface area contributed by atoms with Gasteiger partial charge < -0.3 is 5.32 Å². The second-order valence-electron chi connectivity index (χ2n) is 5.40. The molecule has 0 aliphatic heterocycles. The third kappa shape index (κ3) is 2.81. The Bertz CT molecular complexity index is 760. The zero-order valence-corrected chi connectivity index (χ0v) is 12.7. The Morgan fingerprint density at radius 3 is 2.81 bits per heavy atom. The number of likely N-dealkylation sites (N-methyl/N-ethyl adjacent to an activating group) is 1. The van der Waals surface area contributed by atoms with Crippen LogP contribution >= 0.6 is 0 Å². The molecule has 1 N–H and O–H groups in total. The first-order chi connectivity index (χ1) is 10.2. The number of benzene rings is 1. The van der Waals surface area contributed by atoms with Crippen LogP contribution in [0.15, 0.2) is 42.6 Å². The molecule has 4 nitrogen and oxygen atoms in total. The Kier molecular flexibility index (Phi) is 3.71. The van der Waals surface area contributed by atoms with Crippen molar-refractivity contribution >= 4 is 10.9 Å². The van der Waals surface area contributed by atoms with E-state index < -0.39 is 0 Å². The summed E-state index contributed by atoms with van der Waals surface area (Å²) in [5.41, 5.74) is 4.60. The van der Waals surface area contributed by atoms with Crippen molar-refractivity contribution in [3.63, 3.8) is 0 Å². The van der Waals surface area contributed by atoms with Gasteiger partial charge in [0.2, 0.25) is 0 Å². The van der Waals surface area contributed by atoms with E-state index in [1.54, 1.807) is 0 Å². The van der Waals surface area contributed by atoms with E-state index in [9.17, 15) is 0 Å². The molecule has 0 aliphatic rings. The van der Waals surface area contributed by atoms with Gasteiger partial charge >= 0.3 is 0 Å².